The van der Waals surface area contributed by atoms with E-state index in [1.54, 1.807) is 0 Å². The molecule has 0 unspecified atom stereocenters. The third-order valence-electron chi connectivity index (χ3n) is 3.43. The summed E-state index contributed by atoms with van der Waals surface area (Å²) in [5.41, 5.74) is 8.37. The summed E-state index contributed by atoms with van der Waals surface area (Å²) in [6, 6.07) is 7.73. The average molecular weight is 310 g/mol. The Labute approximate surface area is 129 Å². The number of hydrogen-bond donors (Lipinski definition) is 3. The highest BCUT2D eigenvalue weighted by Crippen LogP contribution is 2.18. The van der Waals surface area contributed by atoms with Gasteiger partial charge in [-0.1, -0.05) is 23.7 Å². The molecule has 4 N–H and O–H groups in total. The van der Waals surface area contributed by atoms with Crippen LogP contribution in [0.1, 0.15) is 12.0 Å². The second kappa shape index (κ2) is 7.45. The number of aliphatic hydroxyl groups is 1. The molecule has 1 amide bonds. The van der Waals surface area contributed by atoms with Gasteiger partial charge in [0.05, 0.1) is 6.61 Å². The van der Waals surface area contributed by atoms with Gasteiger partial charge in [0.15, 0.2) is 0 Å². The lowest BCUT2D eigenvalue weighted by Gasteiger charge is -2.28. The van der Waals surface area contributed by atoms with Gasteiger partial charge < -0.3 is 16.2 Å². The summed E-state index contributed by atoms with van der Waals surface area (Å²) in [7, 11) is 0. The smallest absolute Gasteiger partial charge is 0.249 e. The minimum Gasteiger partial charge on any atom is -0.401 e. The Kier molecular flexibility index (Phi) is 5.61. The van der Waals surface area contributed by atoms with Crippen LogP contribution in [0.3, 0.4) is 0 Å². The highest BCUT2D eigenvalue weighted by atomic mass is 35.5. The molecule has 1 aliphatic rings. The second-order valence-electron chi connectivity index (χ2n) is 5.07. The van der Waals surface area contributed by atoms with Crippen LogP contribution in [0.2, 0.25) is 5.02 Å². The Morgan fingerprint density at radius 1 is 1.48 bits per heavy atom. The van der Waals surface area contributed by atoms with E-state index in [9.17, 15) is 4.79 Å². The van der Waals surface area contributed by atoms with Gasteiger partial charge in [-0.15, -0.1) is 0 Å². The minimum absolute atomic E-state index is 0.0696. The van der Waals surface area contributed by atoms with E-state index in [1.165, 1.54) is 0 Å². The number of aliphatic hydroxyl groups excluding tert-OH is 1. The molecule has 1 aliphatic heterocycles. The molecule has 0 aromatic heterocycles. The summed E-state index contributed by atoms with van der Waals surface area (Å²) in [5, 5.41) is 12.1. The lowest BCUT2D eigenvalue weighted by Crippen LogP contribution is -2.39. The molecule has 0 atom stereocenters. The number of nitrogens with zero attached hydrogens (tertiary/aromatic N) is 1. The van der Waals surface area contributed by atoms with Crippen LogP contribution in [0.15, 0.2) is 35.5 Å². The number of amides is 1. The normalized spacial score (nSPS) is 16.1. The van der Waals surface area contributed by atoms with Crippen LogP contribution >= 0.6 is 11.6 Å². The summed E-state index contributed by atoms with van der Waals surface area (Å²) in [6.07, 6.45) is 0.615. The largest absolute Gasteiger partial charge is 0.401 e. The Hall–Kier alpha value is -1.56. The Bertz CT molecular complexity index is 545. The zero-order chi connectivity index (χ0) is 15.2. The molecule has 0 aliphatic carbocycles. The predicted molar refractivity (Wildman–Crippen MR) is 82.7 cm³/mol. The number of halogens is 1. The zero-order valence-electron chi connectivity index (χ0n) is 11.8. The van der Waals surface area contributed by atoms with Crippen LogP contribution in [0.5, 0.6) is 0 Å². The number of benzene rings is 1. The SMILES string of the molecule is NC1=C(C(=O)NCCO)CCN(Cc2cccc(Cl)c2)C1. The van der Waals surface area contributed by atoms with Crippen molar-refractivity contribution in [2.75, 3.05) is 26.2 Å². The van der Waals surface area contributed by atoms with Gasteiger partial charge >= 0.3 is 0 Å². The molecule has 5 nitrogen and oxygen atoms in total. The molecule has 2 rings (SSSR count). The fourth-order valence-corrected chi connectivity index (χ4v) is 2.62. The highest BCUT2D eigenvalue weighted by Gasteiger charge is 2.21. The fraction of sp³-hybridized carbons (Fsp3) is 0.400. The molecule has 114 valence electrons. The number of hydrogen-bond acceptors (Lipinski definition) is 4. The molecule has 0 saturated carbocycles. The maximum Gasteiger partial charge on any atom is 0.249 e. The van der Waals surface area contributed by atoms with Gasteiger partial charge in [-0.05, 0) is 24.1 Å². The van der Waals surface area contributed by atoms with E-state index in [1.807, 2.05) is 24.3 Å². The van der Waals surface area contributed by atoms with E-state index >= 15 is 0 Å². The van der Waals surface area contributed by atoms with Crippen molar-refractivity contribution in [2.24, 2.45) is 5.73 Å². The van der Waals surface area contributed by atoms with Gasteiger partial charge in [0.25, 0.3) is 0 Å². The average Bonchev–Trinajstić information content (AvgIpc) is 2.45. The number of nitrogens with one attached hydrogen (secondary N) is 1. The first-order valence-electron chi connectivity index (χ1n) is 6.93. The van der Waals surface area contributed by atoms with Crippen LogP contribution < -0.4 is 11.1 Å². The molecule has 0 spiro atoms. The minimum atomic E-state index is -0.177. The molecule has 1 heterocycles. The van der Waals surface area contributed by atoms with E-state index in [-0.39, 0.29) is 19.1 Å². The van der Waals surface area contributed by atoms with E-state index in [0.717, 1.165) is 23.7 Å². The quantitative estimate of drug-likeness (QED) is 0.754. The predicted octanol–water partition coefficient (Wildman–Crippen LogP) is 0.867. The van der Waals surface area contributed by atoms with Crippen molar-refractivity contribution in [3.8, 4) is 0 Å². The molecule has 1 aromatic carbocycles. The van der Waals surface area contributed by atoms with E-state index in [2.05, 4.69) is 10.2 Å². The Morgan fingerprint density at radius 2 is 2.29 bits per heavy atom. The first-order chi connectivity index (χ1) is 10.1. The van der Waals surface area contributed by atoms with Crippen LogP contribution in [0, 0.1) is 0 Å². The number of rotatable bonds is 5. The first-order valence-corrected chi connectivity index (χ1v) is 7.31. The van der Waals surface area contributed by atoms with Gasteiger partial charge in [0.2, 0.25) is 5.91 Å². The standard InChI is InChI=1S/C15H20ClN3O2/c16-12-3-1-2-11(8-12)9-19-6-4-13(14(17)10-19)15(21)18-5-7-20/h1-3,8,20H,4-7,9-10,17H2,(H,18,21). The third kappa shape index (κ3) is 4.46. The van der Waals surface area contributed by atoms with E-state index in [0.29, 0.717) is 24.2 Å². The number of carbonyl (C=O) groups excluding carboxylic acids is 1. The van der Waals surface area contributed by atoms with Gasteiger partial charge in [-0.25, -0.2) is 0 Å². The fourth-order valence-electron chi connectivity index (χ4n) is 2.41. The molecule has 0 bridgehead atoms. The van der Waals surface area contributed by atoms with Crippen LogP contribution in [0.25, 0.3) is 0 Å². The topological polar surface area (TPSA) is 78.6 Å². The van der Waals surface area contributed by atoms with Gasteiger partial charge in [-0.2, -0.15) is 0 Å². The van der Waals surface area contributed by atoms with Crippen molar-refractivity contribution >= 4 is 17.5 Å². The molecular weight excluding hydrogens is 290 g/mol. The summed E-state index contributed by atoms with van der Waals surface area (Å²) >= 11 is 5.98. The van der Waals surface area contributed by atoms with Crippen LogP contribution in [0.4, 0.5) is 0 Å². The maximum atomic E-state index is 11.9. The molecule has 21 heavy (non-hydrogen) atoms. The summed E-state index contributed by atoms with van der Waals surface area (Å²) < 4.78 is 0. The van der Waals surface area contributed by atoms with Crippen molar-refractivity contribution in [2.45, 2.75) is 13.0 Å². The monoisotopic (exact) mass is 309 g/mol. The van der Waals surface area contributed by atoms with Crippen molar-refractivity contribution in [3.05, 3.63) is 46.1 Å². The maximum absolute atomic E-state index is 11.9. The molecule has 0 saturated heterocycles. The van der Waals surface area contributed by atoms with Crippen LogP contribution in [-0.2, 0) is 11.3 Å². The van der Waals surface area contributed by atoms with Gasteiger partial charge in [-0.3, -0.25) is 9.69 Å². The molecule has 0 fully saturated rings. The number of carbonyl (C=O) groups is 1. The second-order valence-corrected chi connectivity index (χ2v) is 5.51. The molecule has 6 heteroatoms. The van der Waals surface area contributed by atoms with E-state index in [4.69, 9.17) is 22.4 Å². The van der Waals surface area contributed by atoms with E-state index < -0.39 is 0 Å². The first kappa shape index (κ1) is 15.8. The highest BCUT2D eigenvalue weighted by molar-refractivity contribution is 6.30. The molecule has 0 radical (unpaired) electrons. The third-order valence-corrected chi connectivity index (χ3v) is 3.66. The lowest BCUT2D eigenvalue weighted by molar-refractivity contribution is -0.118. The summed E-state index contributed by atoms with van der Waals surface area (Å²) in [5.74, 6) is -0.177. The van der Waals surface area contributed by atoms with Gasteiger partial charge in [0, 0.05) is 42.5 Å². The number of nitrogens with two attached hydrogens (primary N) is 1. The molecule has 1 aromatic rings. The summed E-state index contributed by atoms with van der Waals surface area (Å²) in [4.78, 5) is 14.1. The molecular formula is C15H20ClN3O2. The Morgan fingerprint density at radius 3 is 2.95 bits per heavy atom. The van der Waals surface area contributed by atoms with Crippen molar-refractivity contribution in [1.29, 1.82) is 0 Å². The summed E-state index contributed by atoms with van der Waals surface area (Å²) in [6.45, 7) is 2.28. The van der Waals surface area contributed by atoms with Gasteiger partial charge in [0.1, 0.15) is 0 Å². The zero-order valence-corrected chi connectivity index (χ0v) is 12.6. The Balaban J connectivity index is 1.96. The van der Waals surface area contributed by atoms with Crippen molar-refractivity contribution in [1.82, 2.24) is 10.2 Å². The van der Waals surface area contributed by atoms with Crippen molar-refractivity contribution < 1.29 is 9.90 Å². The van der Waals surface area contributed by atoms with Crippen LogP contribution in [-0.4, -0.2) is 42.2 Å². The van der Waals surface area contributed by atoms with Crippen molar-refractivity contribution in [3.63, 3.8) is 0 Å². The lowest BCUT2D eigenvalue weighted by atomic mass is 10.0.